The molecule has 0 radical (unpaired) electrons. The molecule has 2 saturated carbocycles. The van der Waals surface area contributed by atoms with E-state index in [0.29, 0.717) is 17.8 Å². The second kappa shape index (κ2) is 5.08. The molecule has 0 amide bonds. The van der Waals surface area contributed by atoms with Gasteiger partial charge in [-0.1, -0.05) is 13.8 Å². The minimum absolute atomic E-state index is 0.134. The summed E-state index contributed by atoms with van der Waals surface area (Å²) in [6.07, 6.45) is 5.44. The Morgan fingerprint density at radius 3 is 2.05 bits per heavy atom. The second-order valence-electron chi connectivity index (χ2n) is 8.01. The molecule has 2 unspecified atom stereocenters. The molecule has 0 N–H and O–H groups in total. The highest BCUT2D eigenvalue weighted by Gasteiger charge is 2.50. The van der Waals surface area contributed by atoms with Crippen molar-refractivity contribution in [3.05, 3.63) is 0 Å². The standard InChI is InChI=1S/C16H28O3/c1-11-6-13-7-12(2)9-16(8-11,10-13)14(17)18-19-15(3,4)5/h11-13H,6-10H2,1-5H3/t11-,12+,13?,16?. The maximum absolute atomic E-state index is 12.5. The summed E-state index contributed by atoms with van der Waals surface area (Å²) in [6.45, 7) is 10.2. The van der Waals surface area contributed by atoms with Crippen LogP contribution < -0.4 is 0 Å². The van der Waals surface area contributed by atoms with Crippen LogP contribution in [0.5, 0.6) is 0 Å². The first kappa shape index (κ1) is 14.8. The summed E-state index contributed by atoms with van der Waals surface area (Å²) in [6, 6.07) is 0. The zero-order valence-corrected chi connectivity index (χ0v) is 13.0. The van der Waals surface area contributed by atoms with Crippen molar-refractivity contribution in [1.82, 2.24) is 0 Å². The Labute approximate surface area is 117 Å². The molecule has 110 valence electrons. The molecule has 0 saturated heterocycles. The minimum atomic E-state index is -0.438. The topological polar surface area (TPSA) is 35.5 Å². The lowest BCUT2D eigenvalue weighted by Gasteiger charge is -2.47. The average Bonchev–Trinajstić information content (AvgIpc) is 2.22. The molecule has 2 bridgehead atoms. The number of rotatable bonds is 2. The maximum atomic E-state index is 12.5. The molecule has 3 heteroatoms. The number of fused-ring (bicyclic) bond motifs is 2. The quantitative estimate of drug-likeness (QED) is 0.558. The van der Waals surface area contributed by atoms with Gasteiger partial charge in [-0.05, 0) is 70.6 Å². The first-order valence-electron chi connectivity index (χ1n) is 7.60. The Morgan fingerprint density at radius 1 is 1.05 bits per heavy atom. The normalized spacial score (nSPS) is 38.9. The molecule has 0 aromatic heterocycles. The van der Waals surface area contributed by atoms with Crippen molar-refractivity contribution in [2.45, 2.75) is 72.3 Å². The molecule has 2 aliphatic carbocycles. The zero-order chi connectivity index (χ0) is 14.3. The van der Waals surface area contributed by atoms with Crippen molar-refractivity contribution in [3.63, 3.8) is 0 Å². The Hall–Kier alpha value is -0.570. The average molecular weight is 268 g/mol. The van der Waals surface area contributed by atoms with Gasteiger partial charge in [0.2, 0.25) is 0 Å². The van der Waals surface area contributed by atoms with Crippen molar-refractivity contribution < 1.29 is 14.6 Å². The minimum Gasteiger partial charge on any atom is -0.297 e. The number of carbonyl (C=O) groups excluding carboxylic acids is 1. The van der Waals surface area contributed by atoms with Crippen molar-refractivity contribution in [2.75, 3.05) is 0 Å². The van der Waals surface area contributed by atoms with Crippen LogP contribution in [0.1, 0.15) is 66.7 Å². The van der Waals surface area contributed by atoms with Crippen LogP contribution in [0.25, 0.3) is 0 Å². The van der Waals surface area contributed by atoms with Gasteiger partial charge in [-0.15, -0.1) is 0 Å². The third kappa shape index (κ3) is 3.50. The lowest BCUT2D eigenvalue weighted by atomic mass is 9.57. The van der Waals surface area contributed by atoms with Gasteiger partial charge < -0.3 is 0 Å². The summed E-state index contributed by atoms with van der Waals surface area (Å²) in [4.78, 5) is 23.0. The van der Waals surface area contributed by atoms with Gasteiger partial charge in [0.05, 0.1) is 5.41 Å². The lowest BCUT2D eigenvalue weighted by molar-refractivity contribution is -0.329. The van der Waals surface area contributed by atoms with Gasteiger partial charge in [0.15, 0.2) is 0 Å². The van der Waals surface area contributed by atoms with Crippen LogP contribution in [0, 0.1) is 23.2 Å². The molecule has 0 heterocycles. The van der Waals surface area contributed by atoms with Crippen LogP contribution >= 0.6 is 0 Å². The summed E-state index contributed by atoms with van der Waals surface area (Å²) >= 11 is 0. The van der Waals surface area contributed by atoms with Crippen molar-refractivity contribution >= 4 is 5.97 Å². The molecule has 0 spiro atoms. The van der Waals surface area contributed by atoms with E-state index in [1.54, 1.807) is 0 Å². The molecular weight excluding hydrogens is 240 g/mol. The van der Waals surface area contributed by atoms with Crippen LogP contribution in [0.3, 0.4) is 0 Å². The zero-order valence-electron chi connectivity index (χ0n) is 13.0. The van der Waals surface area contributed by atoms with E-state index < -0.39 is 5.60 Å². The fraction of sp³-hybridized carbons (Fsp3) is 0.938. The van der Waals surface area contributed by atoms with Crippen molar-refractivity contribution in [3.8, 4) is 0 Å². The van der Waals surface area contributed by atoms with E-state index in [2.05, 4.69) is 13.8 Å². The van der Waals surface area contributed by atoms with Gasteiger partial charge >= 0.3 is 5.97 Å². The largest absolute Gasteiger partial charge is 0.348 e. The molecule has 2 fully saturated rings. The molecule has 19 heavy (non-hydrogen) atoms. The third-order valence-corrected chi connectivity index (χ3v) is 4.43. The predicted molar refractivity (Wildman–Crippen MR) is 74.3 cm³/mol. The molecule has 3 nitrogen and oxygen atoms in total. The van der Waals surface area contributed by atoms with Gasteiger partial charge in [-0.25, -0.2) is 4.79 Å². The van der Waals surface area contributed by atoms with Crippen LogP contribution in [-0.2, 0) is 14.6 Å². The molecular formula is C16H28O3. The number of carbonyl (C=O) groups is 1. The summed E-state index contributed by atoms with van der Waals surface area (Å²) < 4.78 is 0. The summed E-state index contributed by atoms with van der Waals surface area (Å²) in [5.41, 5.74) is -0.725. The summed E-state index contributed by atoms with van der Waals surface area (Å²) in [7, 11) is 0. The van der Waals surface area contributed by atoms with E-state index in [1.807, 2.05) is 20.8 Å². The highest BCUT2D eigenvalue weighted by molar-refractivity contribution is 5.76. The first-order chi connectivity index (χ1) is 8.70. The van der Waals surface area contributed by atoms with Crippen LogP contribution in [-0.4, -0.2) is 11.6 Å². The maximum Gasteiger partial charge on any atom is 0.348 e. The van der Waals surface area contributed by atoms with E-state index in [4.69, 9.17) is 9.78 Å². The van der Waals surface area contributed by atoms with Crippen LogP contribution in [0.2, 0.25) is 0 Å². The van der Waals surface area contributed by atoms with Crippen LogP contribution in [0.4, 0.5) is 0 Å². The van der Waals surface area contributed by atoms with Gasteiger partial charge in [-0.2, -0.15) is 4.89 Å². The van der Waals surface area contributed by atoms with Gasteiger partial charge in [-0.3, -0.25) is 4.89 Å². The Balaban J connectivity index is 2.08. The predicted octanol–water partition coefficient (Wildman–Crippen LogP) is 4.11. The van der Waals surface area contributed by atoms with Gasteiger partial charge in [0.1, 0.15) is 5.60 Å². The molecule has 4 atom stereocenters. The number of hydrogen-bond acceptors (Lipinski definition) is 3. The Morgan fingerprint density at radius 2 is 1.58 bits per heavy atom. The highest BCUT2D eigenvalue weighted by Crippen LogP contribution is 2.53. The molecule has 0 aliphatic heterocycles. The van der Waals surface area contributed by atoms with Gasteiger partial charge in [0, 0.05) is 0 Å². The molecule has 0 aromatic rings. The van der Waals surface area contributed by atoms with E-state index in [0.717, 1.165) is 19.3 Å². The van der Waals surface area contributed by atoms with Crippen molar-refractivity contribution in [2.24, 2.45) is 23.2 Å². The first-order valence-corrected chi connectivity index (χ1v) is 7.60. The fourth-order valence-corrected chi connectivity index (χ4v) is 4.21. The van der Waals surface area contributed by atoms with E-state index in [9.17, 15) is 4.79 Å². The fourth-order valence-electron chi connectivity index (χ4n) is 4.21. The van der Waals surface area contributed by atoms with E-state index in [1.165, 1.54) is 12.8 Å². The van der Waals surface area contributed by atoms with Crippen LogP contribution in [0.15, 0.2) is 0 Å². The van der Waals surface area contributed by atoms with E-state index >= 15 is 0 Å². The highest BCUT2D eigenvalue weighted by atomic mass is 17.2. The second-order valence-corrected chi connectivity index (χ2v) is 8.01. The third-order valence-electron chi connectivity index (χ3n) is 4.43. The van der Waals surface area contributed by atoms with E-state index in [-0.39, 0.29) is 11.4 Å². The molecule has 2 aliphatic rings. The van der Waals surface area contributed by atoms with Gasteiger partial charge in [0.25, 0.3) is 0 Å². The lowest BCUT2D eigenvalue weighted by Crippen LogP contribution is -2.45. The summed E-state index contributed by atoms with van der Waals surface area (Å²) in [5, 5.41) is 0. The molecule has 2 rings (SSSR count). The Bertz CT molecular complexity index is 323. The number of hydrogen-bond donors (Lipinski definition) is 0. The smallest absolute Gasteiger partial charge is 0.297 e. The SMILES string of the molecule is C[C@@H]1CC2C[C@H](C)CC(C(=O)OOC(C)(C)C)(C2)C1. The monoisotopic (exact) mass is 268 g/mol. The summed E-state index contributed by atoms with van der Waals surface area (Å²) in [5.74, 6) is 1.79. The van der Waals surface area contributed by atoms with Crippen molar-refractivity contribution in [1.29, 1.82) is 0 Å². The Kier molecular flexibility index (Phi) is 3.97. The molecule has 0 aromatic carbocycles.